The third kappa shape index (κ3) is 4.34. The number of aromatic nitrogens is 2. The predicted octanol–water partition coefficient (Wildman–Crippen LogP) is 2.68. The molecule has 0 aromatic carbocycles. The number of nitrogens with zero attached hydrogens (tertiary/aromatic N) is 2. The average molecular weight is 403 g/mol. The van der Waals surface area contributed by atoms with Gasteiger partial charge in [-0.25, -0.2) is 0 Å². The van der Waals surface area contributed by atoms with E-state index in [2.05, 4.69) is 27.3 Å². The van der Waals surface area contributed by atoms with Gasteiger partial charge in [0, 0.05) is 44.0 Å². The Morgan fingerprint density at radius 3 is 2.72 bits per heavy atom. The molecule has 1 spiro atoms. The van der Waals surface area contributed by atoms with Gasteiger partial charge in [0.2, 0.25) is 5.91 Å². The van der Waals surface area contributed by atoms with Gasteiger partial charge in [-0.3, -0.25) is 14.7 Å². The third-order valence-corrected chi connectivity index (χ3v) is 7.24. The highest BCUT2D eigenvalue weighted by molar-refractivity contribution is 5.92. The van der Waals surface area contributed by atoms with Crippen LogP contribution in [-0.4, -0.2) is 59.3 Å². The normalized spacial score (nSPS) is 24.7. The van der Waals surface area contributed by atoms with E-state index in [0.29, 0.717) is 24.8 Å². The monoisotopic (exact) mass is 402 g/mol. The van der Waals surface area contributed by atoms with Crippen molar-refractivity contribution in [1.82, 2.24) is 20.4 Å². The lowest BCUT2D eigenvalue weighted by molar-refractivity contribution is -0.141. The van der Waals surface area contributed by atoms with E-state index in [0.717, 1.165) is 76.6 Å². The number of hydrogen-bond donors (Lipinski definition) is 2. The van der Waals surface area contributed by atoms with E-state index in [1.807, 2.05) is 6.07 Å². The minimum Gasteiger partial charge on any atom is -0.381 e. The number of likely N-dealkylation sites (tertiary alicyclic amines) is 1. The Bertz CT molecular complexity index is 717. The number of hydrogen-bond acceptors (Lipinski definition) is 4. The third-order valence-electron chi connectivity index (χ3n) is 7.24. The molecule has 3 fully saturated rings. The number of rotatable bonds is 5. The van der Waals surface area contributed by atoms with Gasteiger partial charge in [0.15, 0.2) is 0 Å². The van der Waals surface area contributed by atoms with Gasteiger partial charge in [-0.15, -0.1) is 0 Å². The van der Waals surface area contributed by atoms with Crippen molar-refractivity contribution in [1.29, 1.82) is 0 Å². The van der Waals surface area contributed by atoms with Crippen LogP contribution in [0.4, 0.5) is 0 Å². The molecule has 3 aliphatic rings. The first-order chi connectivity index (χ1) is 14.1. The molecule has 1 unspecified atom stereocenters. The summed E-state index contributed by atoms with van der Waals surface area (Å²) in [5.41, 5.74) is 1.63. The molecule has 3 heterocycles. The fourth-order valence-electron chi connectivity index (χ4n) is 5.45. The van der Waals surface area contributed by atoms with E-state index in [-0.39, 0.29) is 23.3 Å². The molecule has 0 radical (unpaired) electrons. The van der Waals surface area contributed by atoms with Gasteiger partial charge >= 0.3 is 0 Å². The first-order valence-electron chi connectivity index (χ1n) is 11.3. The molecule has 1 aliphatic carbocycles. The fourth-order valence-corrected chi connectivity index (χ4v) is 5.45. The maximum Gasteiger partial charge on any atom is 0.272 e. The molecular formula is C22H34N4O3. The average Bonchev–Trinajstić information content (AvgIpc) is 3.37. The molecule has 2 amide bonds. The van der Waals surface area contributed by atoms with Crippen LogP contribution in [0.3, 0.4) is 0 Å². The van der Waals surface area contributed by atoms with E-state index < -0.39 is 0 Å². The largest absolute Gasteiger partial charge is 0.381 e. The van der Waals surface area contributed by atoms with Gasteiger partial charge in [0.25, 0.3) is 5.91 Å². The molecule has 1 aromatic heterocycles. The second kappa shape index (κ2) is 8.86. The van der Waals surface area contributed by atoms with Crippen LogP contribution in [0.2, 0.25) is 0 Å². The standard InChI is InChI=1S/C22H34N4O3/c1-2-4-17-15-18(25-24-17)20(27)23-19-5-3-8-22(19)9-11-26(12-10-22)21(28)16-6-13-29-14-7-16/h15-16,19H,2-14H2,1H3,(H,23,27)(H,24,25). The maximum atomic E-state index is 12.8. The van der Waals surface area contributed by atoms with Crippen molar-refractivity contribution in [3.8, 4) is 0 Å². The Morgan fingerprint density at radius 2 is 2.00 bits per heavy atom. The topological polar surface area (TPSA) is 87.3 Å². The minimum atomic E-state index is -0.0735. The number of carbonyl (C=O) groups excluding carboxylic acids is 2. The minimum absolute atomic E-state index is 0.0735. The zero-order valence-electron chi connectivity index (χ0n) is 17.5. The quantitative estimate of drug-likeness (QED) is 0.793. The van der Waals surface area contributed by atoms with Gasteiger partial charge in [0.1, 0.15) is 5.69 Å². The van der Waals surface area contributed by atoms with Crippen molar-refractivity contribution < 1.29 is 14.3 Å². The number of aromatic amines is 1. The molecule has 29 heavy (non-hydrogen) atoms. The molecule has 4 rings (SSSR count). The van der Waals surface area contributed by atoms with Gasteiger partial charge in [-0.2, -0.15) is 5.10 Å². The molecular weight excluding hydrogens is 368 g/mol. The number of amides is 2. The summed E-state index contributed by atoms with van der Waals surface area (Å²) in [6, 6.07) is 2.05. The smallest absolute Gasteiger partial charge is 0.272 e. The highest BCUT2D eigenvalue weighted by atomic mass is 16.5. The molecule has 2 N–H and O–H groups in total. The summed E-state index contributed by atoms with van der Waals surface area (Å²) in [7, 11) is 0. The summed E-state index contributed by atoms with van der Waals surface area (Å²) in [6.45, 7) is 5.14. The van der Waals surface area contributed by atoms with Crippen LogP contribution >= 0.6 is 0 Å². The number of aryl methyl sites for hydroxylation is 1. The van der Waals surface area contributed by atoms with Crippen LogP contribution in [0.5, 0.6) is 0 Å². The van der Waals surface area contributed by atoms with E-state index in [9.17, 15) is 9.59 Å². The number of carbonyl (C=O) groups is 2. The molecule has 1 saturated carbocycles. The van der Waals surface area contributed by atoms with Gasteiger partial charge in [-0.05, 0) is 56.4 Å². The predicted molar refractivity (Wildman–Crippen MR) is 109 cm³/mol. The molecule has 1 atom stereocenters. The second-order valence-electron chi connectivity index (χ2n) is 9.02. The second-order valence-corrected chi connectivity index (χ2v) is 9.02. The lowest BCUT2D eigenvalue weighted by Gasteiger charge is -2.44. The van der Waals surface area contributed by atoms with E-state index >= 15 is 0 Å². The Morgan fingerprint density at radius 1 is 1.24 bits per heavy atom. The zero-order chi connectivity index (χ0) is 20.3. The Kier molecular flexibility index (Phi) is 6.23. The van der Waals surface area contributed by atoms with Crippen LogP contribution < -0.4 is 5.32 Å². The summed E-state index contributed by atoms with van der Waals surface area (Å²) in [5.74, 6) is 0.367. The van der Waals surface area contributed by atoms with Crippen LogP contribution in [0.15, 0.2) is 6.07 Å². The highest BCUT2D eigenvalue weighted by Gasteiger charge is 2.46. The number of piperidine rings is 1. The summed E-state index contributed by atoms with van der Waals surface area (Å²) in [5, 5.41) is 10.4. The van der Waals surface area contributed by atoms with Crippen LogP contribution in [0.1, 0.15) is 74.5 Å². The van der Waals surface area contributed by atoms with Crippen molar-refractivity contribution in [3.63, 3.8) is 0 Å². The Hall–Kier alpha value is -1.89. The van der Waals surface area contributed by atoms with Crippen LogP contribution in [0, 0.1) is 11.3 Å². The first kappa shape index (κ1) is 20.4. The molecule has 2 saturated heterocycles. The van der Waals surface area contributed by atoms with Crippen molar-refractivity contribution in [3.05, 3.63) is 17.5 Å². The first-order valence-corrected chi connectivity index (χ1v) is 11.3. The zero-order valence-corrected chi connectivity index (χ0v) is 17.5. The lowest BCUT2D eigenvalue weighted by Crippen LogP contribution is -2.52. The van der Waals surface area contributed by atoms with Crippen molar-refractivity contribution in [2.24, 2.45) is 11.3 Å². The number of H-pyrrole nitrogens is 1. The van der Waals surface area contributed by atoms with Crippen molar-refractivity contribution in [2.75, 3.05) is 26.3 Å². The van der Waals surface area contributed by atoms with Gasteiger partial charge in [0.05, 0.1) is 0 Å². The lowest BCUT2D eigenvalue weighted by atomic mass is 9.73. The highest BCUT2D eigenvalue weighted by Crippen LogP contribution is 2.46. The number of ether oxygens (including phenoxy) is 1. The summed E-state index contributed by atoms with van der Waals surface area (Å²) < 4.78 is 5.40. The van der Waals surface area contributed by atoms with Gasteiger partial charge < -0.3 is 15.0 Å². The van der Waals surface area contributed by atoms with E-state index in [4.69, 9.17) is 4.74 Å². The fraction of sp³-hybridized carbons (Fsp3) is 0.773. The summed E-state index contributed by atoms with van der Waals surface area (Å²) in [4.78, 5) is 27.7. The summed E-state index contributed by atoms with van der Waals surface area (Å²) in [6.07, 6.45) is 8.89. The van der Waals surface area contributed by atoms with Gasteiger partial charge in [-0.1, -0.05) is 19.8 Å². The van der Waals surface area contributed by atoms with E-state index in [1.165, 1.54) is 0 Å². The van der Waals surface area contributed by atoms with Crippen molar-refractivity contribution in [2.45, 2.75) is 70.8 Å². The molecule has 160 valence electrons. The molecule has 2 aliphatic heterocycles. The molecule has 7 nitrogen and oxygen atoms in total. The van der Waals surface area contributed by atoms with Crippen LogP contribution in [-0.2, 0) is 16.0 Å². The molecule has 7 heteroatoms. The molecule has 1 aromatic rings. The Labute approximate surface area is 172 Å². The maximum absolute atomic E-state index is 12.8. The Balaban J connectivity index is 1.34. The van der Waals surface area contributed by atoms with E-state index in [1.54, 1.807) is 0 Å². The van der Waals surface area contributed by atoms with Crippen molar-refractivity contribution >= 4 is 11.8 Å². The van der Waals surface area contributed by atoms with Crippen LogP contribution in [0.25, 0.3) is 0 Å². The SMILES string of the molecule is CCCc1cc(C(=O)NC2CCCC23CCN(C(=O)C2CCOCC2)CC3)n[nH]1. The number of nitrogens with one attached hydrogen (secondary N) is 2. The molecule has 0 bridgehead atoms. The summed E-state index contributed by atoms with van der Waals surface area (Å²) >= 11 is 0.